The maximum absolute atomic E-state index is 13.0. The molecule has 0 saturated carbocycles. The average Bonchev–Trinajstić information content (AvgIpc) is 3.22. The smallest absolute Gasteiger partial charge is 0.238 e. The summed E-state index contributed by atoms with van der Waals surface area (Å²) >= 11 is 1.61. The fourth-order valence-corrected chi connectivity index (χ4v) is 5.29. The zero-order valence-electron chi connectivity index (χ0n) is 19.2. The Labute approximate surface area is 199 Å². The van der Waals surface area contributed by atoms with E-state index in [9.17, 15) is 9.59 Å². The summed E-state index contributed by atoms with van der Waals surface area (Å²) in [7, 11) is 3.99. The summed E-state index contributed by atoms with van der Waals surface area (Å²) in [6.45, 7) is 2.02. The molecule has 0 aromatic heterocycles. The third-order valence-electron chi connectivity index (χ3n) is 5.88. The van der Waals surface area contributed by atoms with Crippen LogP contribution in [0.2, 0.25) is 0 Å². The molecule has 1 aliphatic rings. The summed E-state index contributed by atoms with van der Waals surface area (Å²) in [6, 6.07) is 25.7. The highest BCUT2D eigenvalue weighted by atomic mass is 32.2. The van der Waals surface area contributed by atoms with Gasteiger partial charge >= 0.3 is 0 Å². The normalized spacial score (nSPS) is 16.5. The second kappa shape index (κ2) is 10.1. The molecule has 6 heteroatoms. The molecule has 0 aliphatic carbocycles. The van der Waals surface area contributed by atoms with Gasteiger partial charge in [0.2, 0.25) is 11.8 Å². The molecule has 5 nitrogen and oxygen atoms in total. The number of thioether (sulfide) groups is 1. The van der Waals surface area contributed by atoms with Crippen LogP contribution in [0.15, 0.2) is 78.9 Å². The van der Waals surface area contributed by atoms with Crippen LogP contribution in [0.3, 0.4) is 0 Å². The van der Waals surface area contributed by atoms with Crippen LogP contribution >= 0.6 is 11.8 Å². The number of amides is 2. The Hall–Kier alpha value is -3.25. The molecule has 0 unspecified atom stereocenters. The van der Waals surface area contributed by atoms with Crippen LogP contribution in [-0.4, -0.2) is 31.7 Å². The maximum atomic E-state index is 13.0. The Balaban J connectivity index is 1.55. The van der Waals surface area contributed by atoms with Crippen molar-refractivity contribution in [3.05, 3.63) is 90.0 Å². The van der Waals surface area contributed by atoms with Crippen molar-refractivity contribution >= 4 is 40.6 Å². The molecule has 0 bridgehead atoms. The van der Waals surface area contributed by atoms with Gasteiger partial charge in [0.1, 0.15) is 5.37 Å². The number of hydrogen-bond acceptors (Lipinski definition) is 4. The number of carbonyl (C=O) groups excluding carboxylic acids is 2. The molecule has 3 aromatic rings. The highest BCUT2D eigenvalue weighted by Crippen LogP contribution is 2.42. The van der Waals surface area contributed by atoms with Crippen molar-refractivity contribution in [1.29, 1.82) is 0 Å². The standard InChI is InChI=1S/C27H29N3O2S/c1-4-24(19-9-6-5-7-10-19)26(32)28-21-12-8-11-20(17-21)27-30(25(31)18-33-27)23-15-13-22(14-16-23)29(2)3/h5-17,24,27H,4,18H2,1-3H3,(H,28,32)/t24-,27+/m1/s1. The molecule has 170 valence electrons. The van der Waals surface area contributed by atoms with Gasteiger partial charge in [0.25, 0.3) is 0 Å². The van der Waals surface area contributed by atoms with Crippen molar-refractivity contribution in [2.24, 2.45) is 0 Å². The van der Waals surface area contributed by atoms with Crippen molar-refractivity contribution in [3.63, 3.8) is 0 Å². The average molecular weight is 460 g/mol. The van der Waals surface area contributed by atoms with Crippen LogP contribution in [0.4, 0.5) is 17.1 Å². The second-order valence-electron chi connectivity index (χ2n) is 8.32. The minimum Gasteiger partial charge on any atom is -0.378 e. The third kappa shape index (κ3) is 5.06. The van der Waals surface area contributed by atoms with Crippen molar-refractivity contribution in [1.82, 2.24) is 0 Å². The summed E-state index contributed by atoms with van der Waals surface area (Å²) in [4.78, 5) is 29.7. The molecule has 4 rings (SSSR count). The summed E-state index contributed by atoms with van der Waals surface area (Å²) in [5, 5.41) is 2.95. The molecule has 0 radical (unpaired) electrons. The van der Waals surface area contributed by atoms with Gasteiger partial charge in [0.15, 0.2) is 0 Å². The van der Waals surface area contributed by atoms with Gasteiger partial charge in [-0.25, -0.2) is 0 Å². The first-order chi connectivity index (χ1) is 16.0. The first kappa shape index (κ1) is 22.9. The lowest BCUT2D eigenvalue weighted by molar-refractivity contribution is -0.118. The number of anilines is 3. The molecular weight excluding hydrogens is 430 g/mol. The predicted octanol–water partition coefficient (Wildman–Crippen LogP) is 5.66. The van der Waals surface area contributed by atoms with Crippen LogP contribution in [0.5, 0.6) is 0 Å². The van der Waals surface area contributed by atoms with Gasteiger partial charge < -0.3 is 10.2 Å². The fraction of sp³-hybridized carbons (Fsp3) is 0.259. The van der Waals surface area contributed by atoms with E-state index in [0.29, 0.717) is 5.75 Å². The molecule has 1 aliphatic heterocycles. The van der Waals surface area contributed by atoms with E-state index in [4.69, 9.17) is 0 Å². The highest BCUT2D eigenvalue weighted by molar-refractivity contribution is 8.00. The van der Waals surface area contributed by atoms with Gasteiger partial charge in [-0.05, 0) is 53.9 Å². The molecule has 1 N–H and O–H groups in total. The molecule has 2 atom stereocenters. The first-order valence-corrected chi connectivity index (χ1v) is 12.2. The summed E-state index contributed by atoms with van der Waals surface area (Å²) < 4.78 is 0. The number of nitrogens with zero attached hydrogens (tertiary/aromatic N) is 2. The summed E-state index contributed by atoms with van der Waals surface area (Å²) in [5.41, 5.74) is 4.72. The Bertz CT molecular complexity index is 1120. The van der Waals surface area contributed by atoms with Gasteiger partial charge in [-0.2, -0.15) is 0 Å². The van der Waals surface area contributed by atoms with E-state index in [1.807, 2.05) is 110 Å². The minimum atomic E-state index is -0.205. The third-order valence-corrected chi connectivity index (χ3v) is 7.09. The molecule has 1 heterocycles. The lowest BCUT2D eigenvalue weighted by atomic mass is 9.95. The van der Waals surface area contributed by atoms with Crippen LogP contribution in [0.25, 0.3) is 0 Å². The number of rotatable bonds is 7. The SMILES string of the molecule is CC[C@@H](C(=O)Nc1cccc([C@@H]2SCC(=O)N2c2ccc(N(C)C)cc2)c1)c1ccccc1. The van der Waals surface area contributed by atoms with Gasteiger partial charge in [-0.1, -0.05) is 49.4 Å². The van der Waals surface area contributed by atoms with E-state index in [-0.39, 0.29) is 23.1 Å². The van der Waals surface area contributed by atoms with Crippen LogP contribution in [0.1, 0.15) is 35.8 Å². The summed E-state index contributed by atoms with van der Waals surface area (Å²) in [5.74, 6) is 0.297. The van der Waals surface area contributed by atoms with Crippen molar-refractivity contribution in [2.75, 3.05) is 35.0 Å². The van der Waals surface area contributed by atoms with Gasteiger partial charge in [0.05, 0.1) is 11.7 Å². The van der Waals surface area contributed by atoms with E-state index < -0.39 is 0 Å². The van der Waals surface area contributed by atoms with Crippen molar-refractivity contribution in [3.8, 4) is 0 Å². The quantitative estimate of drug-likeness (QED) is 0.495. The largest absolute Gasteiger partial charge is 0.378 e. The van der Waals surface area contributed by atoms with Crippen LogP contribution in [-0.2, 0) is 9.59 Å². The Morgan fingerprint density at radius 2 is 1.79 bits per heavy atom. The number of carbonyl (C=O) groups is 2. The molecule has 33 heavy (non-hydrogen) atoms. The number of hydrogen-bond donors (Lipinski definition) is 1. The second-order valence-corrected chi connectivity index (χ2v) is 9.39. The highest BCUT2D eigenvalue weighted by Gasteiger charge is 2.34. The van der Waals surface area contributed by atoms with Crippen LogP contribution in [0, 0.1) is 0 Å². The van der Waals surface area contributed by atoms with E-state index in [1.165, 1.54) is 0 Å². The van der Waals surface area contributed by atoms with E-state index in [0.717, 1.165) is 34.6 Å². The zero-order valence-corrected chi connectivity index (χ0v) is 20.0. The molecule has 3 aromatic carbocycles. The van der Waals surface area contributed by atoms with E-state index in [2.05, 4.69) is 5.32 Å². The Morgan fingerprint density at radius 3 is 2.45 bits per heavy atom. The lowest BCUT2D eigenvalue weighted by Crippen LogP contribution is -2.28. The maximum Gasteiger partial charge on any atom is 0.238 e. The topological polar surface area (TPSA) is 52.7 Å². The zero-order chi connectivity index (χ0) is 23.4. The van der Waals surface area contributed by atoms with Crippen LogP contribution < -0.4 is 15.1 Å². The number of benzene rings is 3. The molecule has 0 spiro atoms. The molecule has 1 fully saturated rings. The first-order valence-electron chi connectivity index (χ1n) is 11.1. The van der Waals surface area contributed by atoms with E-state index >= 15 is 0 Å². The van der Waals surface area contributed by atoms with E-state index in [1.54, 1.807) is 11.8 Å². The lowest BCUT2D eigenvalue weighted by Gasteiger charge is -2.25. The monoisotopic (exact) mass is 459 g/mol. The Kier molecular flexibility index (Phi) is 7.04. The number of nitrogens with one attached hydrogen (secondary N) is 1. The van der Waals surface area contributed by atoms with Gasteiger partial charge in [0, 0.05) is 31.2 Å². The molecule has 1 saturated heterocycles. The Morgan fingerprint density at radius 1 is 1.06 bits per heavy atom. The van der Waals surface area contributed by atoms with Gasteiger partial charge in [-0.15, -0.1) is 11.8 Å². The summed E-state index contributed by atoms with van der Waals surface area (Å²) in [6.07, 6.45) is 0.721. The van der Waals surface area contributed by atoms with Crippen molar-refractivity contribution < 1.29 is 9.59 Å². The minimum absolute atomic E-state index is 0.0212. The van der Waals surface area contributed by atoms with Gasteiger partial charge in [-0.3, -0.25) is 14.5 Å². The predicted molar refractivity (Wildman–Crippen MR) is 138 cm³/mol. The fourth-order valence-electron chi connectivity index (χ4n) is 4.12. The van der Waals surface area contributed by atoms with Crippen molar-refractivity contribution in [2.45, 2.75) is 24.6 Å². The molecule has 2 amide bonds. The molecular formula is C27H29N3O2S.